The van der Waals surface area contributed by atoms with Gasteiger partial charge in [0.05, 0.1) is 39.9 Å². The fraction of sp³-hybridized carbons (Fsp3) is 0.364. The van der Waals surface area contributed by atoms with Crippen LogP contribution in [0.15, 0.2) is 41.7 Å². The largest absolute Gasteiger partial charge is 0.484 e. The van der Waals surface area contributed by atoms with Gasteiger partial charge in [0.2, 0.25) is 5.16 Å². The van der Waals surface area contributed by atoms with Crippen molar-refractivity contribution in [2.45, 2.75) is 30.9 Å². The molecule has 0 spiro atoms. The number of hydrogen-bond acceptors (Lipinski definition) is 7. The number of hydrogen-bond donors (Lipinski definition) is 0. The van der Waals surface area contributed by atoms with Crippen LogP contribution in [0.25, 0.3) is 11.0 Å². The van der Waals surface area contributed by atoms with Gasteiger partial charge in [0.25, 0.3) is 0 Å². The number of likely N-dealkylation sites (N-methyl/N-ethyl adjacent to an activating group) is 1. The first-order valence-electron chi connectivity index (χ1n) is 10.4. The maximum Gasteiger partial charge on any atom is 0.422 e. The van der Waals surface area contributed by atoms with Crippen LogP contribution in [0, 0.1) is 6.92 Å². The van der Waals surface area contributed by atoms with Crippen LogP contribution in [-0.4, -0.2) is 68.6 Å². The summed E-state index contributed by atoms with van der Waals surface area (Å²) in [5.41, 5.74) is 1.30. The summed E-state index contributed by atoms with van der Waals surface area (Å²) in [6, 6.07) is 7.28. The third-order valence-electron chi connectivity index (χ3n) is 4.84. The second-order valence-electron chi connectivity index (χ2n) is 7.44. The Labute approximate surface area is 201 Å². The van der Waals surface area contributed by atoms with Gasteiger partial charge in [-0.2, -0.15) is 13.2 Å². The zero-order valence-electron chi connectivity index (χ0n) is 19.2. The summed E-state index contributed by atoms with van der Waals surface area (Å²) in [5, 5.41) is -0.0882. The number of alkyl halides is 3. The Morgan fingerprint density at radius 2 is 1.91 bits per heavy atom. The lowest BCUT2D eigenvalue weighted by Crippen LogP contribution is -2.36. The monoisotopic (exact) mass is 512 g/mol. The molecule has 13 heteroatoms. The van der Waals surface area contributed by atoms with Crippen LogP contribution in [0.1, 0.15) is 18.2 Å². The number of carbonyl (C=O) groups excluding carboxylic acids is 2. The lowest BCUT2D eigenvalue weighted by Gasteiger charge is -2.18. The van der Waals surface area contributed by atoms with Crippen molar-refractivity contribution in [2.75, 3.05) is 26.8 Å². The van der Waals surface area contributed by atoms with Crippen molar-refractivity contribution in [3.63, 3.8) is 0 Å². The third kappa shape index (κ3) is 6.35. The lowest BCUT2D eigenvalue weighted by molar-refractivity contribution is -0.153. The van der Waals surface area contributed by atoms with E-state index in [1.54, 1.807) is 31.2 Å². The van der Waals surface area contributed by atoms with Gasteiger partial charge in [-0.15, -0.1) is 0 Å². The topological polar surface area (TPSA) is 104 Å². The summed E-state index contributed by atoms with van der Waals surface area (Å²) >= 11 is 0. The van der Waals surface area contributed by atoms with Gasteiger partial charge in [0.15, 0.2) is 6.61 Å². The first-order valence-corrected chi connectivity index (χ1v) is 11.7. The van der Waals surface area contributed by atoms with Crippen LogP contribution in [0.2, 0.25) is 0 Å². The highest BCUT2D eigenvalue weighted by Crippen LogP contribution is 2.26. The average Bonchev–Trinajstić information content (AvgIpc) is 3.18. The molecule has 2 aromatic heterocycles. The smallest absolute Gasteiger partial charge is 0.422 e. The number of nitrogens with zero attached hydrogens (tertiary/aromatic N) is 4. The van der Waals surface area contributed by atoms with Gasteiger partial charge in [-0.1, -0.05) is 12.1 Å². The standard InChI is InChI=1S/C22H23F3N4O5S/c1-4-33-19(30)11-28(3)21(31)29-17-8-6-5-7-15(17)27-20(29)35(32)12-16-14(2)18(9-10-26-16)34-13-22(23,24)25/h5-10H,4,11-13H2,1-3H3/t35-/m0/s1. The highest BCUT2D eigenvalue weighted by Gasteiger charge is 2.29. The molecule has 2 heterocycles. The van der Waals surface area contributed by atoms with Crippen LogP contribution in [-0.2, 0) is 26.1 Å². The fourth-order valence-corrected chi connectivity index (χ4v) is 4.44. The number of pyridine rings is 1. The van der Waals surface area contributed by atoms with Gasteiger partial charge in [0.1, 0.15) is 12.3 Å². The van der Waals surface area contributed by atoms with E-state index in [1.165, 1.54) is 26.2 Å². The zero-order chi connectivity index (χ0) is 25.8. The van der Waals surface area contributed by atoms with Gasteiger partial charge in [-0.3, -0.25) is 14.0 Å². The Morgan fingerprint density at radius 3 is 2.60 bits per heavy atom. The minimum atomic E-state index is -4.51. The molecule has 188 valence electrons. The van der Waals surface area contributed by atoms with E-state index in [0.717, 1.165) is 9.47 Å². The lowest BCUT2D eigenvalue weighted by atomic mass is 10.2. The Bertz CT molecular complexity index is 1260. The van der Waals surface area contributed by atoms with E-state index in [0.29, 0.717) is 16.6 Å². The molecule has 0 aliphatic carbocycles. The van der Waals surface area contributed by atoms with E-state index in [4.69, 9.17) is 9.47 Å². The Hall–Kier alpha value is -3.48. The summed E-state index contributed by atoms with van der Waals surface area (Å²) in [5.74, 6) is -0.873. The van der Waals surface area contributed by atoms with E-state index in [-0.39, 0.29) is 35.5 Å². The molecule has 1 amide bonds. The van der Waals surface area contributed by atoms with Crippen molar-refractivity contribution >= 4 is 33.8 Å². The van der Waals surface area contributed by atoms with E-state index in [1.807, 2.05) is 0 Å². The molecule has 0 fully saturated rings. The molecule has 0 N–H and O–H groups in total. The maximum absolute atomic E-state index is 13.3. The fourth-order valence-electron chi connectivity index (χ4n) is 3.19. The first-order chi connectivity index (χ1) is 16.5. The second kappa shape index (κ2) is 10.8. The van der Waals surface area contributed by atoms with E-state index in [2.05, 4.69) is 9.97 Å². The number of esters is 1. The number of para-hydroxylation sites is 2. The van der Waals surface area contributed by atoms with Crippen molar-refractivity contribution < 1.29 is 36.4 Å². The Kier molecular flexibility index (Phi) is 8.10. The van der Waals surface area contributed by atoms with Crippen LogP contribution in [0.4, 0.5) is 18.0 Å². The number of halogens is 3. The summed E-state index contributed by atoms with van der Waals surface area (Å²) in [6.07, 6.45) is -3.26. The van der Waals surface area contributed by atoms with Gasteiger partial charge < -0.3 is 14.4 Å². The molecule has 9 nitrogen and oxygen atoms in total. The minimum absolute atomic E-state index is 0.0388. The number of benzene rings is 1. The van der Waals surface area contributed by atoms with Crippen molar-refractivity contribution in [1.82, 2.24) is 19.4 Å². The van der Waals surface area contributed by atoms with Crippen molar-refractivity contribution in [3.8, 4) is 5.75 Å². The maximum atomic E-state index is 13.3. The molecule has 0 bridgehead atoms. The average molecular weight is 513 g/mol. The second-order valence-corrected chi connectivity index (χ2v) is 8.78. The molecule has 0 radical (unpaired) electrons. The third-order valence-corrected chi connectivity index (χ3v) is 6.06. The molecule has 0 aliphatic rings. The zero-order valence-corrected chi connectivity index (χ0v) is 20.0. The van der Waals surface area contributed by atoms with E-state index in [9.17, 15) is 27.0 Å². The highest BCUT2D eigenvalue weighted by molar-refractivity contribution is 7.84. The SMILES string of the molecule is CCOC(=O)CN(C)C(=O)n1c([S@@](=O)Cc2nccc(OCC(F)(F)F)c2C)nc2ccccc21. The summed E-state index contributed by atoms with van der Waals surface area (Å²) < 4.78 is 61.8. The molecular weight excluding hydrogens is 489 g/mol. The Balaban J connectivity index is 1.92. The predicted molar refractivity (Wildman–Crippen MR) is 120 cm³/mol. The molecule has 0 saturated heterocycles. The number of ether oxygens (including phenoxy) is 2. The molecule has 0 saturated carbocycles. The number of aromatic nitrogens is 3. The van der Waals surface area contributed by atoms with Gasteiger partial charge >= 0.3 is 18.2 Å². The van der Waals surface area contributed by atoms with Crippen molar-refractivity contribution in [2.24, 2.45) is 0 Å². The summed E-state index contributed by atoms with van der Waals surface area (Å²) in [7, 11) is -0.527. The summed E-state index contributed by atoms with van der Waals surface area (Å²) in [6.45, 7) is 1.50. The van der Waals surface area contributed by atoms with Crippen molar-refractivity contribution in [1.29, 1.82) is 0 Å². The molecule has 1 aromatic carbocycles. The Morgan fingerprint density at radius 1 is 1.20 bits per heavy atom. The van der Waals surface area contributed by atoms with E-state index >= 15 is 0 Å². The molecular formula is C22H23F3N4O5S. The van der Waals surface area contributed by atoms with Gasteiger partial charge in [-0.25, -0.2) is 14.3 Å². The molecule has 35 heavy (non-hydrogen) atoms. The molecule has 3 aromatic rings. The minimum Gasteiger partial charge on any atom is -0.484 e. The number of rotatable bonds is 8. The van der Waals surface area contributed by atoms with Gasteiger partial charge in [0, 0.05) is 18.8 Å². The quantitative estimate of drug-likeness (QED) is 0.426. The highest BCUT2D eigenvalue weighted by atomic mass is 32.2. The normalized spacial score (nSPS) is 12.4. The van der Waals surface area contributed by atoms with Crippen LogP contribution in [0.5, 0.6) is 5.75 Å². The number of imidazole rings is 1. The number of amides is 1. The predicted octanol–water partition coefficient (Wildman–Crippen LogP) is 3.45. The van der Waals surface area contributed by atoms with Crippen LogP contribution < -0.4 is 4.74 Å². The first kappa shape index (κ1) is 26.1. The van der Waals surface area contributed by atoms with Gasteiger partial charge in [-0.05, 0) is 32.0 Å². The van der Waals surface area contributed by atoms with Crippen LogP contribution in [0.3, 0.4) is 0 Å². The molecule has 0 aliphatic heterocycles. The van der Waals surface area contributed by atoms with Crippen molar-refractivity contribution in [3.05, 3.63) is 47.8 Å². The molecule has 3 rings (SSSR count). The molecule has 0 unspecified atom stereocenters. The van der Waals surface area contributed by atoms with Crippen LogP contribution >= 0.6 is 0 Å². The summed E-state index contributed by atoms with van der Waals surface area (Å²) in [4.78, 5) is 34.6. The van der Waals surface area contributed by atoms with E-state index < -0.39 is 35.6 Å². The number of carbonyl (C=O) groups is 2. The number of fused-ring (bicyclic) bond motifs is 1. The molecule has 1 atom stereocenters.